The first kappa shape index (κ1) is 10.3. The average molecular weight is 208 g/mol. The molecule has 1 aromatic rings. The molecule has 0 radical (unpaired) electrons. The lowest BCUT2D eigenvalue weighted by molar-refractivity contribution is -0.0605. The average Bonchev–Trinajstić information content (AvgIpc) is 2.60. The van der Waals surface area contributed by atoms with Crippen molar-refractivity contribution in [2.75, 3.05) is 6.61 Å². The maximum absolute atomic E-state index is 9.68. The maximum Gasteiger partial charge on any atom is 0.204 e. The number of hydrogen-bond acceptors (Lipinski definition) is 3. The summed E-state index contributed by atoms with van der Waals surface area (Å²) in [6.07, 6.45) is 0.536. The Morgan fingerprint density at radius 1 is 1.53 bits per heavy atom. The van der Waals surface area contributed by atoms with E-state index >= 15 is 0 Å². The number of phenols is 1. The number of aryl methyl sites for hydroxylation is 1. The Labute approximate surface area is 89.6 Å². The van der Waals surface area contributed by atoms with Crippen LogP contribution in [0.15, 0.2) is 6.07 Å². The molecule has 0 aliphatic carbocycles. The second-order valence-electron chi connectivity index (χ2n) is 3.85. The minimum absolute atomic E-state index is 0.191. The third kappa shape index (κ3) is 1.67. The van der Waals surface area contributed by atoms with Crippen LogP contribution < -0.4 is 4.74 Å². The van der Waals surface area contributed by atoms with Gasteiger partial charge in [-0.3, -0.25) is 0 Å². The highest BCUT2D eigenvalue weighted by atomic mass is 16.7. The molecule has 3 nitrogen and oxygen atoms in total. The quantitative estimate of drug-likeness (QED) is 0.810. The summed E-state index contributed by atoms with van der Waals surface area (Å²) in [7, 11) is 0. The lowest BCUT2D eigenvalue weighted by atomic mass is 10.0. The van der Waals surface area contributed by atoms with E-state index in [1.807, 2.05) is 20.8 Å². The van der Waals surface area contributed by atoms with Crippen molar-refractivity contribution in [1.82, 2.24) is 0 Å². The fourth-order valence-corrected chi connectivity index (χ4v) is 1.97. The topological polar surface area (TPSA) is 38.7 Å². The minimum Gasteiger partial charge on any atom is -0.508 e. The molecule has 0 saturated heterocycles. The number of fused-ring (bicyclic) bond motifs is 1. The molecule has 0 fully saturated rings. The summed E-state index contributed by atoms with van der Waals surface area (Å²) in [5, 5.41) is 9.68. The van der Waals surface area contributed by atoms with Crippen LogP contribution in [0.25, 0.3) is 0 Å². The first-order valence-electron chi connectivity index (χ1n) is 5.23. The van der Waals surface area contributed by atoms with Gasteiger partial charge in [0.15, 0.2) is 0 Å². The van der Waals surface area contributed by atoms with E-state index in [1.54, 1.807) is 6.07 Å². The van der Waals surface area contributed by atoms with Crippen molar-refractivity contribution in [1.29, 1.82) is 0 Å². The molecule has 15 heavy (non-hydrogen) atoms. The maximum atomic E-state index is 9.68. The van der Waals surface area contributed by atoms with Crippen LogP contribution in [-0.2, 0) is 11.2 Å². The summed E-state index contributed by atoms with van der Waals surface area (Å²) in [5.74, 6) is 1.22. The summed E-state index contributed by atoms with van der Waals surface area (Å²) in [6.45, 7) is 6.43. The Morgan fingerprint density at radius 2 is 2.27 bits per heavy atom. The Bertz CT molecular complexity index is 385. The second kappa shape index (κ2) is 3.74. The van der Waals surface area contributed by atoms with E-state index in [1.165, 1.54) is 0 Å². The van der Waals surface area contributed by atoms with Crippen LogP contribution in [0.5, 0.6) is 11.5 Å². The molecule has 2 rings (SSSR count). The van der Waals surface area contributed by atoms with Gasteiger partial charge in [-0.25, -0.2) is 0 Å². The zero-order valence-corrected chi connectivity index (χ0v) is 9.33. The fraction of sp³-hybridized carbons (Fsp3) is 0.500. The molecule has 1 aliphatic rings. The zero-order valence-electron chi connectivity index (χ0n) is 9.33. The first-order valence-corrected chi connectivity index (χ1v) is 5.23. The molecule has 3 heteroatoms. The predicted molar refractivity (Wildman–Crippen MR) is 57.3 cm³/mol. The van der Waals surface area contributed by atoms with Crippen molar-refractivity contribution >= 4 is 0 Å². The van der Waals surface area contributed by atoms with Gasteiger partial charge < -0.3 is 14.6 Å². The highest BCUT2D eigenvalue weighted by Gasteiger charge is 2.27. The van der Waals surface area contributed by atoms with E-state index in [0.717, 1.165) is 28.9 Å². The molecule has 0 unspecified atom stereocenters. The fourth-order valence-electron chi connectivity index (χ4n) is 1.97. The number of aromatic hydroxyl groups is 1. The van der Waals surface area contributed by atoms with E-state index in [-0.39, 0.29) is 6.29 Å². The summed E-state index contributed by atoms with van der Waals surface area (Å²) >= 11 is 0. The molecule has 82 valence electrons. The van der Waals surface area contributed by atoms with Gasteiger partial charge in [-0.05, 0) is 38.0 Å². The van der Waals surface area contributed by atoms with Gasteiger partial charge >= 0.3 is 0 Å². The van der Waals surface area contributed by atoms with E-state index in [2.05, 4.69) is 0 Å². The van der Waals surface area contributed by atoms with Crippen LogP contribution >= 0.6 is 0 Å². The number of rotatable bonds is 2. The molecule has 1 atom stereocenters. The van der Waals surface area contributed by atoms with Gasteiger partial charge in [0.2, 0.25) is 6.29 Å². The van der Waals surface area contributed by atoms with Crippen LogP contribution in [0, 0.1) is 13.8 Å². The van der Waals surface area contributed by atoms with Crippen molar-refractivity contribution in [3.05, 3.63) is 22.8 Å². The lowest BCUT2D eigenvalue weighted by Crippen LogP contribution is -2.17. The van der Waals surface area contributed by atoms with Gasteiger partial charge in [-0.2, -0.15) is 0 Å². The SMILES string of the molecule is CCO[C@H]1Cc2c(C)c(O)cc(C)c2O1. The third-order valence-corrected chi connectivity index (χ3v) is 2.79. The highest BCUT2D eigenvalue weighted by molar-refractivity contribution is 5.54. The van der Waals surface area contributed by atoms with Crippen molar-refractivity contribution in [3.8, 4) is 11.5 Å². The van der Waals surface area contributed by atoms with Crippen LogP contribution in [0.4, 0.5) is 0 Å². The van der Waals surface area contributed by atoms with E-state index in [0.29, 0.717) is 12.4 Å². The molecule has 0 saturated carbocycles. The van der Waals surface area contributed by atoms with E-state index in [4.69, 9.17) is 9.47 Å². The normalized spacial score (nSPS) is 18.7. The van der Waals surface area contributed by atoms with Gasteiger partial charge in [0, 0.05) is 18.6 Å². The van der Waals surface area contributed by atoms with Crippen LogP contribution in [-0.4, -0.2) is 18.0 Å². The Balaban J connectivity index is 2.36. The van der Waals surface area contributed by atoms with Gasteiger partial charge in [0.25, 0.3) is 0 Å². The monoisotopic (exact) mass is 208 g/mol. The molecular weight excluding hydrogens is 192 g/mol. The number of ether oxygens (including phenoxy) is 2. The minimum atomic E-state index is -0.191. The predicted octanol–water partition coefficient (Wildman–Crippen LogP) is 2.31. The molecule has 1 aromatic carbocycles. The van der Waals surface area contributed by atoms with Gasteiger partial charge in [-0.1, -0.05) is 0 Å². The molecule has 1 N–H and O–H groups in total. The number of benzene rings is 1. The largest absolute Gasteiger partial charge is 0.508 e. The van der Waals surface area contributed by atoms with Gasteiger partial charge in [-0.15, -0.1) is 0 Å². The third-order valence-electron chi connectivity index (χ3n) is 2.79. The van der Waals surface area contributed by atoms with Gasteiger partial charge in [0.05, 0.1) is 0 Å². The molecule has 0 amide bonds. The van der Waals surface area contributed by atoms with Crippen LogP contribution in [0.3, 0.4) is 0 Å². The number of phenolic OH excluding ortho intramolecular Hbond substituents is 1. The highest BCUT2D eigenvalue weighted by Crippen LogP contribution is 2.38. The Kier molecular flexibility index (Phi) is 2.57. The summed E-state index contributed by atoms with van der Waals surface area (Å²) in [4.78, 5) is 0. The zero-order chi connectivity index (χ0) is 11.0. The lowest BCUT2D eigenvalue weighted by Gasteiger charge is -2.10. The van der Waals surface area contributed by atoms with E-state index in [9.17, 15) is 5.11 Å². The standard InChI is InChI=1S/C12H16O3/c1-4-14-11-6-9-8(3)10(13)5-7(2)12(9)15-11/h5,11,13H,4,6H2,1-3H3/t11-/m1/s1. The molecule has 0 spiro atoms. The molecular formula is C12H16O3. The summed E-state index contributed by atoms with van der Waals surface area (Å²) in [6, 6.07) is 1.74. The van der Waals surface area contributed by atoms with Crippen molar-refractivity contribution in [2.24, 2.45) is 0 Å². The molecule has 1 heterocycles. The Morgan fingerprint density at radius 3 is 2.93 bits per heavy atom. The number of hydrogen-bond donors (Lipinski definition) is 1. The van der Waals surface area contributed by atoms with Gasteiger partial charge in [0.1, 0.15) is 11.5 Å². The van der Waals surface area contributed by atoms with Crippen molar-refractivity contribution in [2.45, 2.75) is 33.5 Å². The summed E-state index contributed by atoms with van der Waals surface area (Å²) < 4.78 is 11.1. The summed E-state index contributed by atoms with van der Waals surface area (Å²) in [5.41, 5.74) is 2.94. The Hall–Kier alpha value is -1.22. The van der Waals surface area contributed by atoms with E-state index < -0.39 is 0 Å². The second-order valence-corrected chi connectivity index (χ2v) is 3.85. The molecule has 0 bridgehead atoms. The molecule has 0 aromatic heterocycles. The molecule has 1 aliphatic heterocycles. The van der Waals surface area contributed by atoms with Crippen LogP contribution in [0.2, 0.25) is 0 Å². The first-order chi connectivity index (χ1) is 7.13. The van der Waals surface area contributed by atoms with Crippen molar-refractivity contribution in [3.63, 3.8) is 0 Å². The van der Waals surface area contributed by atoms with Crippen molar-refractivity contribution < 1.29 is 14.6 Å². The van der Waals surface area contributed by atoms with Crippen LogP contribution in [0.1, 0.15) is 23.6 Å². The smallest absolute Gasteiger partial charge is 0.204 e.